The third-order valence-electron chi connectivity index (χ3n) is 4.27. The van der Waals surface area contributed by atoms with Crippen molar-refractivity contribution in [1.82, 2.24) is 10.2 Å². The topological polar surface area (TPSA) is 50.8 Å². The molecule has 1 aromatic heterocycles. The molecule has 1 aliphatic heterocycles. The fraction of sp³-hybridized carbons (Fsp3) is 0.389. The second-order valence-electron chi connectivity index (χ2n) is 5.57. The Bertz CT molecular complexity index is 684. The van der Waals surface area contributed by atoms with Gasteiger partial charge >= 0.3 is 0 Å². The zero-order valence-corrected chi connectivity index (χ0v) is 14.8. The SMILES string of the molecule is CCN(CC)[C@@H](CNC(=O)c1ccc2c(c1)OCO2)c1ccsc1. The monoisotopic (exact) mass is 346 g/mol. The van der Waals surface area contributed by atoms with Crippen molar-refractivity contribution in [3.05, 3.63) is 46.2 Å². The van der Waals surface area contributed by atoms with Crippen molar-refractivity contribution in [2.45, 2.75) is 19.9 Å². The summed E-state index contributed by atoms with van der Waals surface area (Å²) in [6.07, 6.45) is 0. The molecule has 2 heterocycles. The maximum atomic E-state index is 12.5. The largest absolute Gasteiger partial charge is 0.454 e. The second kappa shape index (κ2) is 7.68. The van der Waals surface area contributed by atoms with Crippen molar-refractivity contribution in [3.8, 4) is 11.5 Å². The van der Waals surface area contributed by atoms with Gasteiger partial charge < -0.3 is 14.8 Å². The lowest BCUT2D eigenvalue weighted by atomic mass is 10.1. The summed E-state index contributed by atoms with van der Waals surface area (Å²) in [6, 6.07) is 7.58. The number of amides is 1. The molecule has 0 radical (unpaired) electrons. The smallest absolute Gasteiger partial charge is 0.251 e. The normalized spacial score (nSPS) is 14.0. The van der Waals surface area contributed by atoms with E-state index >= 15 is 0 Å². The van der Waals surface area contributed by atoms with Crippen LogP contribution in [-0.2, 0) is 0 Å². The Labute approximate surface area is 146 Å². The van der Waals surface area contributed by atoms with Crippen LogP contribution in [0.5, 0.6) is 11.5 Å². The number of benzene rings is 1. The number of carbonyl (C=O) groups is 1. The minimum absolute atomic E-state index is 0.0966. The van der Waals surface area contributed by atoms with E-state index < -0.39 is 0 Å². The Morgan fingerprint density at radius 3 is 2.75 bits per heavy atom. The van der Waals surface area contributed by atoms with E-state index in [-0.39, 0.29) is 18.7 Å². The number of ether oxygens (including phenoxy) is 2. The number of hydrogen-bond acceptors (Lipinski definition) is 5. The summed E-state index contributed by atoms with van der Waals surface area (Å²) in [6.45, 7) is 6.95. The average Bonchev–Trinajstić information content (AvgIpc) is 3.28. The molecule has 0 saturated carbocycles. The Balaban J connectivity index is 1.69. The Morgan fingerprint density at radius 1 is 1.25 bits per heavy atom. The van der Waals surface area contributed by atoms with E-state index in [0.29, 0.717) is 23.6 Å². The van der Waals surface area contributed by atoms with Gasteiger partial charge in [0.15, 0.2) is 11.5 Å². The summed E-state index contributed by atoms with van der Waals surface area (Å²) < 4.78 is 10.6. The molecule has 1 atom stereocenters. The molecule has 1 N–H and O–H groups in total. The summed E-state index contributed by atoms with van der Waals surface area (Å²) in [5, 5.41) is 7.28. The van der Waals surface area contributed by atoms with E-state index in [4.69, 9.17) is 9.47 Å². The maximum Gasteiger partial charge on any atom is 0.251 e. The van der Waals surface area contributed by atoms with Gasteiger partial charge in [0.1, 0.15) is 0 Å². The minimum atomic E-state index is -0.0966. The van der Waals surface area contributed by atoms with Crippen LogP contribution in [0.4, 0.5) is 0 Å². The fourth-order valence-electron chi connectivity index (χ4n) is 2.92. The molecular weight excluding hydrogens is 324 g/mol. The van der Waals surface area contributed by atoms with Gasteiger partial charge in [-0.25, -0.2) is 0 Å². The van der Waals surface area contributed by atoms with E-state index in [0.717, 1.165) is 13.1 Å². The first-order valence-corrected chi connectivity index (χ1v) is 9.11. The molecule has 0 aliphatic carbocycles. The third-order valence-corrected chi connectivity index (χ3v) is 4.97. The second-order valence-corrected chi connectivity index (χ2v) is 6.35. The Kier molecular flexibility index (Phi) is 5.37. The molecular formula is C18H22N2O3S. The standard InChI is InChI=1S/C18H22N2O3S/c1-3-20(4-2)15(14-7-8-24-11-14)10-19-18(21)13-5-6-16-17(9-13)23-12-22-16/h5-9,11,15H,3-4,10,12H2,1-2H3,(H,19,21)/t15-/m0/s1. The zero-order chi connectivity index (χ0) is 16.9. The van der Waals surface area contributed by atoms with Gasteiger partial charge in [0, 0.05) is 12.1 Å². The van der Waals surface area contributed by atoms with Crippen LogP contribution in [0.3, 0.4) is 0 Å². The molecule has 1 aromatic carbocycles. The predicted molar refractivity (Wildman–Crippen MR) is 94.9 cm³/mol. The highest BCUT2D eigenvalue weighted by molar-refractivity contribution is 7.07. The highest BCUT2D eigenvalue weighted by atomic mass is 32.1. The molecule has 5 nitrogen and oxygen atoms in total. The molecule has 0 saturated heterocycles. The average molecular weight is 346 g/mol. The number of carbonyl (C=O) groups excluding carboxylic acids is 1. The number of fused-ring (bicyclic) bond motifs is 1. The summed E-state index contributed by atoms with van der Waals surface area (Å²) in [5.41, 5.74) is 1.83. The fourth-order valence-corrected chi connectivity index (χ4v) is 3.62. The Morgan fingerprint density at radius 2 is 2.04 bits per heavy atom. The van der Waals surface area contributed by atoms with Crippen LogP contribution in [0.1, 0.15) is 35.8 Å². The summed E-state index contributed by atoms with van der Waals surface area (Å²) >= 11 is 1.68. The van der Waals surface area contributed by atoms with E-state index in [1.165, 1.54) is 5.56 Å². The minimum Gasteiger partial charge on any atom is -0.454 e. The highest BCUT2D eigenvalue weighted by Gasteiger charge is 2.21. The molecule has 1 amide bonds. The van der Waals surface area contributed by atoms with E-state index in [9.17, 15) is 4.79 Å². The van der Waals surface area contributed by atoms with Crippen molar-refractivity contribution >= 4 is 17.2 Å². The van der Waals surface area contributed by atoms with Crippen LogP contribution in [0.15, 0.2) is 35.0 Å². The number of nitrogens with zero attached hydrogens (tertiary/aromatic N) is 1. The van der Waals surface area contributed by atoms with Crippen LogP contribution in [0, 0.1) is 0 Å². The molecule has 0 unspecified atom stereocenters. The third kappa shape index (κ3) is 3.55. The highest BCUT2D eigenvalue weighted by Crippen LogP contribution is 2.32. The van der Waals surface area contributed by atoms with Crippen LogP contribution < -0.4 is 14.8 Å². The molecule has 24 heavy (non-hydrogen) atoms. The zero-order valence-electron chi connectivity index (χ0n) is 14.0. The van der Waals surface area contributed by atoms with Gasteiger partial charge in [0.25, 0.3) is 5.91 Å². The molecule has 1 aliphatic rings. The van der Waals surface area contributed by atoms with Crippen LogP contribution in [-0.4, -0.2) is 37.2 Å². The lowest BCUT2D eigenvalue weighted by Crippen LogP contribution is -2.37. The van der Waals surface area contributed by atoms with E-state index in [1.807, 2.05) is 0 Å². The lowest BCUT2D eigenvalue weighted by molar-refractivity contribution is 0.0934. The molecule has 2 aromatic rings. The van der Waals surface area contributed by atoms with Crippen molar-refractivity contribution in [1.29, 1.82) is 0 Å². The summed E-state index contributed by atoms with van der Waals surface area (Å²) in [4.78, 5) is 14.8. The van der Waals surface area contributed by atoms with Gasteiger partial charge in [-0.3, -0.25) is 9.69 Å². The van der Waals surface area contributed by atoms with Crippen LogP contribution in [0.25, 0.3) is 0 Å². The predicted octanol–water partition coefficient (Wildman–Crippen LogP) is 3.29. The van der Waals surface area contributed by atoms with Crippen molar-refractivity contribution < 1.29 is 14.3 Å². The number of likely N-dealkylation sites (N-methyl/N-ethyl adjacent to an activating group) is 1. The first-order valence-electron chi connectivity index (χ1n) is 8.17. The first-order chi connectivity index (χ1) is 11.7. The maximum absolute atomic E-state index is 12.5. The molecule has 0 fully saturated rings. The lowest BCUT2D eigenvalue weighted by Gasteiger charge is -2.29. The van der Waals surface area contributed by atoms with Gasteiger partial charge in [0.2, 0.25) is 6.79 Å². The number of rotatable bonds is 7. The van der Waals surface area contributed by atoms with Crippen molar-refractivity contribution in [2.75, 3.05) is 26.4 Å². The molecule has 0 spiro atoms. The summed E-state index contributed by atoms with van der Waals surface area (Å²) in [7, 11) is 0. The molecule has 3 rings (SSSR count). The van der Waals surface area contributed by atoms with Crippen LogP contribution in [0.2, 0.25) is 0 Å². The Hall–Kier alpha value is -2.05. The van der Waals surface area contributed by atoms with Gasteiger partial charge in [0.05, 0.1) is 6.04 Å². The molecule has 0 bridgehead atoms. The van der Waals surface area contributed by atoms with E-state index in [1.54, 1.807) is 29.5 Å². The van der Waals surface area contributed by atoms with Crippen LogP contribution >= 0.6 is 11.3 Å². The van der Waals surface area contributed by atoms with E-state index in [2.05, 4.69) is 40.9 Å². The quantitative estimate of drug-likeness (QED) is 0.836. The van der Waals surface area contributed by atoms with Gasteiger partial charge in [-0.2, -0.15) is 11.3 Å². The van der Waals surface area contributed by atoms with Crippen molar-refractivity contribution in [3.63, 3.8) is 0 Å². The number of hydrogen-bond donors (Lipinski definition) is 1. The summed E-state index contributed by atoms with van der Waals surface area (Å²) in [5.74, 6) is 1.22. The first kappa shape index (κ1) is 16.8. The molecule has 6 heteroatoms. The van der Waals surface area contributed by atoms with Gasteiger partial charge in [-0.1, -0.05) is 13.8 Å². The number of nitrogens with one attached hydrogen (secondary N) is 1. The van der Waals surface area contributed by atoms with Gasteiger partial charge in [-0.15, -0.1) is 0 Å². The van der Waals surface area contributed by atoms with Gasteiger partial charge in [-0.05, 0) is 53.7 Å². The number of thiophene rings is 1. The molecule has 128 valence electrons. The van der Waals surface area contributed by atoms with Crippen molar-refractivity contribution in [2.24, 2.45) is 0 Å².